The molecule has 0 aliphatic carbocycles. The highest BCUT2D eigenvalue weighted by Crippen LogP contribution is 2.54. The number of ether oxygens (including phenoxy) is 2. The van der Waals surface area contributed by atoms with Gasteiger partial charge in [-0.1, -0.05) is 17.8 Å². The van der Waals surface area contributed by atoms with Crippen LogP contribution in [0.4, 0.5) is 4.39 Å². The lowest BCUT2D eigenvalue weighted by Gasteiger charge is -2.49. The maximum absolute atomic E-state index is 14.3. The minimum absolute atomic E-state index is 0.00549. The molecule has 140 valence electrons. The van der Waals surface area contributed by atoms with Crippen LogP contribution in [0.5, 0.6) is 5.75 Å². The van der Waals surface area contributed by atoms with Gasteiger partial charge in [0.15, 0.2) is 5.17 Å². The summed E-state index contributed by atoms with van der Waals surface area (Å²) in [5.41, 5.74) is 7.77. The van der Waals surface area contributed by atoms with Crippen LogP contribution < -0.4 is 10.5 Å². The summed E-state index contributed by atoms with van der Waals surface area (Å²) in [5, 5.41) is 0.581. The molecule has 0 radical (unpaired) electrons. The van der Waals surface area contributed by atoms with Gasteiger partial charge in [-0.25, -0.2) is 9.98 Å². The lowest BCUT2D eigenvalue weighted by atomic mass is 9.70. The Balaban J connectivity index is 1.70. The second-order valence-electron chi connectivity index (χ2n) is 7.26. The lowest BCUT2D eigenvalue weighted by Crippen LogP contribution is -2.55. The molecule has 27 heavy (non-hydrogen) atoms. The van der Waals surface area contributed by atoms with Crippen LogP contribution in [-0.4, -0.2) is 34.7 Å². The van der Waals surface area contributed by atoms with Gasteiger partial charge in [-0.05, 0) is 36.8 Å². The fraction of sp³-hybridized carbons (Fsp3) is 0.400. The number of pyridine rings is 1. The Kier molecular flexibility index (Phi) is 3.91. The first-order valence-corrected chi connectivity index (χ1v) is 10.1. The largest absolute Gasteiger partial charge is 0.489 e. The summed E-state index contributed by atoms with van der Waals surface area (Å²) >= 11 is 1.56. The molecule has 2 N–H and O–H groups in total. The normalized spacial score (nSPS) is 31.8. The van der Waals surface area contributed by atoms with Crippen molar-refractivity contribution >= 4 is 16.9 Å². The summed E-state index contributed by atoms with van der Waals surface area (Å²) in [5.74, 6) is 1.13. The van der Waals surface area contributed by atoms with Crippen LogP contribution in [-0.2, 0) is 10.3 Å². The van der Waals surface area contributed by atoms with E-state index in [0.29, 0.717) is 17.3 Å². The van der Waals surface area contributed by atoms with E-state index in [0.717, 1.165) is 29.1 Å². The quantitative estimate of drug-likeness (QED) is 0.763. The Labute approximate surface area is 161 Å². The Morgan fingerprint density at radius 2 is 2.22 bits per heavy atom. The Bertz CT molecular complexity index is 937. The minimum atomic E-state index is -0.512. The van der Waals surface area contributed by atoms with Gasteiger partial charge >= 0.3 is 0 Å². The van der Waals surface area contributed by atoms with Crippen molar-refractivity contribution in [2.75, 3.05) is 12.4 Å². The van der Waals surface area contributed by atoms with Gasteiger partial charge in [0.05, 0.1) is 18.6 Å². The van der Waals surface area contributed by atoms with Gasteiger partial charge in [0.1, 0.15) is 17.4 Å². The summed E-state index contributed by atoms with van der Waals surface area (Å²) in [4.78, 5) is 8.68. The first-order valence-electron chi connectivity index (χ1n) is 9.10. The number of amidine groups is 1. The highest BCUT2D eigenvalue weighted by atomic mass is 32.2. The van der Waals surface area contributed by atoms with Crippen molar-refractivity contribution in [3.63, 3.8) is 0 Å². The van der Waals surface area contributed by atoms with Crippen LogP contribution in [0.1, 0.15) is 18.9 Å². The highest BCUT2D eigenvalue weighted by Gasteiger charge is 2.56. The molecule has 1 spiro atoms. The number of benzene rings is 1. The van der Waals surface area contributed by atoms with Gasteiger partial charge in [0.2, 0.25) is 5.95 Å². The monoisotopic (exact) mass is 385 g/mol. The number of nitrogens with zero attached hydrogens (tertiary/aromatic N) is 2. The van der Waals surface area contributed by atoms with Crippen molar-refractivity contribution in [2.45, 2.75) is 31.1 Å². The van der Waals surface area contributed by atoms with Gasteiger partial charge in [0, 0.05) is 29.5 Å². The summed E-state index contributed by atoms with van der Waals surface area (Å²) < 4.78 is 26.5. The van der Waals surface area contributed by atoms with E-state index in [1.807, 2.05) is 18.2 Å². The third-order valence-corrected chi connectivity index (χ3v) is 6.76. The van der Waals surface area contributed by atoms with Gasteiger partial charge in [-0.2, -0.15) is 4.39 Å². The van der Waals surface area contributed by atoms with E-state index >= 15 is 0 Å². The number of aliphatic imine (C=N–C) groups is 1. The molecule has 1 aromatic heterocycles. The van der Waals surface area contributed by atoms with E-state index in [1.165, 1.54) is 6.20 Å². The van der Waals surface area contributed by atoms with E-state index in [2.05, 4.69) is 11.9 Å². The molecule has 5 nitrogen and oxygen atoms in total. The van der Waals surface area contributed by atoms with Crippen LogP contribution in [0, 0.1) is 11.9 Å². The summed E-state index contributed by atoms with van der Waals surface area (Å²) in [6, 6.07) is 9.25. The van der Waals surface area contributed by atoms with Crippen LogP contribution in [0.2, 0.25) is 0 Å². The molecule has 2 aromatic rings. The van der Waals surface area contributed by atoms with Gasteiger partial charge in [-0.3, -0.25) is 0 Å². The van der Waals surface area contributed by atoms with Crippen molar-refractivity contribution in [2.24, 2.45) is 16.6 Å². The standard InChI is InChI=1S/C20H20FN3O2S/c1-11-17-16(6-8-25-11)26-15-5-4-12(13-3-2-7-23-18(13)21)9-14(15)20(17)10-27-19(22)24-20/h2-5,7,9,11,16-17H,6,8,10H2,1H3,(H2,22,24)/t11-,16?,17-,20-/m0/s1. The first kappa shape index (κ1) is 17.0. The fourth-order valence-electron chi connectivity index (χ4n) is 4.62. The molecule has 0 amide bonds. The van der Waals surface area contributed by atoms with Crippen LogP contribution in [0.3, 0.4) is 0 Å². The summed E-state index contributed by atoms with van der Waals surface area (Å²) in [6.07, 6.45) is 2.32. The fourth-order valence-corrected chi connectivity index (χ4v) is 5.63. The molecule has 3 aliphatic rings. The van der Waals surface area contributed by atoms with Crippen molar-refractivity contribution < 1.29 is 13.9 Å². The van der Waals surface area contributed by atoms with E-state index in [4.69, 9.17) is 20.2 Å². The molecule has 4 heterocycles. The van der Waals surface area contributed by atoms with Gasteiger partial charge < -0.3 is 15.2 Å². The van der Waals surface area contributed by atoms with E-state index < -0.39 is 11.5 Å². The molecule has 0 bridgehead atoms. The third kappa shape index (κ3) is 2.56. The number of thioether (sulfide) groups is 1. The SMILES string of the molecule is C[C@@H]1OCCC2Oc3ccc(-c4cccnc4F)cc3[C@@]3(CSC(N)=N3)[C@H]21. The summed E-state index contributed by atoms with van der Waals surface area (Å²) in [7, 11) is 0. The second-order valence-corrected chi connectivity index (χ2v) is 8.26. The Hall–Kier alpha value is -2.12. The number of hydrogen-bond acceptors (Lipinski definition) is 6. The molecule has 1 fully saturated rings. The molecular formula is C20H20FN3O2S. The number of halogens is 1. The van der Waals surface area contributed by atoms with Crippen molar-refractivity contribution in [1.29, 1.82) is 0 Å². The average Bonchev–Trinajstić information content (AvgIpc) is 3.04. The van der Waals surface area contributed by atoms with E-state index in [1.54, 1.807) is 23.9 Å². The Morgan fingerprint density at radius 3 is 3.00 bits per heavy atom. The zero-order valence-electron chi connectivity index (χ0n) is 14.9. The highest BCUT2D eigenvalue weighted by molar-refractivity contribution is 8.14. The number of fused-ring (bicyclic) bond motifs is 4. The lowest BCUT2D eigenvalue weighted by molar-refractivity contribution is -0.108. The van der Waals surface area contributed by atoms with Crippen LogP contribution in [0.25, 0.3) is 11.1 Å². The van der Waals surface area contributed by atoms with E-state index in [-0.39, 0.29) is 18.1 Å². The number of aromatic nitrogens is 1. The van der Waals surface area contributed by atoms with Crippen molar-refractivity contribution in [3.8, 4) is 16.9 Å². The molecule has 5 rings (SSSR count). The molecule has 7 heteroatoms. The predicted octanol–water partition coefficient (Wildman–Crippen LogP) is 3.33. The molecule has 1 aromatic carbocycles. The number of hydrogen-bond donors (Lipinski definition) is 1. The zero-order chi connectivity index (χ0) is 18.6. The van der Waals surface area contributed by atoms with Crippen LogP contribution >= 0.6 is 11.8 Å². The molecule has 1 unspecified atom stereocenters. The van der Waals surface area contributed by atoms with E-state index in [9.17, 15) is 4.39 Å². The molecule has 3 aliphatic heterocycles. The van der Waals surface area contributed by atoms with Gasteiger partial charge in [-0.15, -0.1) is 0 Å². The first-order chi connectivity index (χ1) is 13.1. The van der Waals surface area contributed by atoms with Crippen molar-refractivity contribution in [3.05, 3.63) is 48.0 Å². The molecule has 4 atom stereocenters. The average molecular weight is 385 g/mol. The van der Waals surface area contributed by atoms with Crippen molar-refractivity contribution in [1.82, 2.24) is 4.98 Å². The molecule has 0 saturated carbocycles. The third-order valence-electron chi connectivity index (χ3n) is 5.79. The second kappa shape index (κ2) is 6.21. The summed E-state index contributed by atoms with van der Waals surface area (Å²) in [6.45, 7) is 2.76. The topological polar surface area (TPSA) is 69.7 Å². The zero-order valence-corrected chi connectivity index (χ0v) is 15.7. The van der Waals surface area contributed by atoms with Gasteiger partial charge in [0.25, 0.3) is 0 Å². The maximum Gasteiger partial charge on any atom is 0.220 e. The minimum Gasteiger partial charge on any atom is -0.489 e. The van der Waals surface area contributed by atoms with Crippen LogP contribution in [0.15, 0.2) is 41.5 Å². The molecule has 1 saturated heterocycles. The molecular weight excluding hydrogens is 365 g/mol. The maximum atomic E-state index is 14.3. The smallest absolute Gasteiger partial charge is 0.220 e. The Morgan fingerprint density at radius 1 is 1.33 bits per heavy atom. The predicted molar refractivity (Wildman–Crippen MR) is 103 cm³/mol. The number of nitrogens with two attached hydrogens (primary N) is 1. The number of rotatable bonds is 1.